The van der Waals surface area contributed by atoms with Crippen molar-refractivity contribution >= 4 is 21.6 Å². The van der Waals surface area contributed by atoms with Gasteiger partial charge in [0.2, 0.25) is 0 Å². The van der Waals surface area contributed by atoms with Gasteiger partial charge in [-0.2, -0.15) is 13.2 Å². The van der Waals surface area contributed by atoms with Gasteiger partial charge in [0, 0.05) is 22.3 Å². The van der Waals surface area contributed by atoms with E-state index in [4.69, 9.17) is 0 Å². The van der Waals surface area contributed by atoms with Crippen LogP contribution in [0, 0.1) is 0 Å². The normalized spacial score (nSPS) is 11.4. The van der Waals surface area contributed by atoms with E-state index >= 15 is 0 Å². The number of phenols is 1. The highest BCUT2D eigenvalue weighted by Crippen LogP contribution is 2.36. The molecule has 0 saturated carbocycles. The molecule has 0 aliphatic carbocycles. The van der Waals surface area contributed by atoms with Crippen molar-refractivity contribution in [2.75, 3.05) is 5.32 Å². The minimum absolute atomic E-state index is 0.0241. The molecular weight excluding hydrogens is 335 g/mol. The molecule has 2 aromatic carbocycles. The Bertz CT molecular complexity index is 614. The van der Waals surface area contributed by atoms with E-state index in [1.807, 2.05) is 0 Å². The van der Waals surface area contributed by atoms with Crippen LogP contribution >= 0.6 is 15.9 Å². The highest BCUT2D eigenvalue weighted by Gasteiger charge is 2.33. The molecule has 0 aliphatic rings. The molecule has 2 nitrogen and oxygen atoms in total. The number of hydrogen-bond acceptors (Lipinski definition) is 2. The fraction of sp³-hybridized carbons (Fsp3) is 0.143. The molecule has 0 saturated heterocycles. The molecule has 0 aliphatic heterocycles. The van der Waals surface area contributed by atoms with E-state index in [2.05, 4.69) is 21.2 Å². The number of hydrogen-bond donors (Lipinski definition) is 2. The number of anilines is 1. The monoisotopic (exact) mass is 345 g/mol. The Hall–Kier alpha value is -1.69. The van der Waals surface area contributed by atoms with Gasteiger partial charge in [-0.15, -0.1) is 0 Å². The largest absolute Gasteiger partial charge is 0.508 e. The maximum absolute atomic E-state index is 12.9. The number of rotatable bonds is 3. The van der Waals surface area contributed by atoms with Gasteiger partial charge >= 0.3 is 6.18 Å². The summed E-state index contributed by atoms with van der Waals surface area (Å²) in [6.07, 6.45) is -4.44. The summed E-state index contributed by atoms with van der Waals surface area (Å²) >= 11 is 3.03. The molecule has 0 bridgehead atoms. The van der Waals surface area contributed by atoms with Gasteiger partial charge in [0.15, 0.2) is 0 Å². The maximum atomic E-state index is 12.9. The van der Waals surface area contributed by atoms with Crippen molar-refractivity contribution in [2.24, 2.45) is 0 Å². The van der Waals surface area contributed by atoms with Crippen LogP contribution in [0.25, 0.3) is 0 Å². The minimum Gasteiger partial charge on any atom is -0.508 e. The van der Waals surface area contributed by atoms with Crippen LogP contribution in [0.2, 0.25) is 0 Å². The number of para-hydroxylation sites is 1. The Labute approximate surface area is 122 Å². The lowest BCUT2D eigenvalue weighted by Gasteiger charge is -2.15. The van der Waals surface area contributed by atoms with Gasteiger partial charge in [-0.25, -0.2) is 0 Å². The summed E-state index contributed by atoms with van der Waals surface area (Å²) in [5.74, 6) is 0.0469. The molecule has 20 heavy (non-hydrogen) atoms. The second kappa shape index (κ2) is 5.75. The Morgan fingerprint density at radius 2 is 1.80 bits per heavy atom. The summed E-state index contributed by atoms with van der Waals surface area (Å²) in [5.41, 5.74) is -0.241. The lowest BCUT2D eigenvalue weighted by molar-refractivity contribution is -0.137. The smallest absolute Gasteiger partial charge is 0.418 e. The van der Waals surface area contributed by atoms with E-state index in [-0.39, 0.29) is 18.0 Å². The first-order chi connectivity index (χ1) is 9.38. The second-order valence-electron chi connectivity index (χ2n) is 4.17. The van der Waals surface area contributed by atoms with Crippen LogP contribution in [0.5, 0.6) is 5.75 Å². The van der Waals surface area contributed by atoms with E-state index in [9.17, 15) is 18.3 Å². The molecule has 0 aromatic heterocycles. The van der Waals surface area contributed by atoms with E-state index in [1.165, 1.54) is 18.2 Å². The summed E-state index contributed by atoms with van der Waals surface area (Å²) in [7, 11) is 0. The molecule has 6 heteroatoms. The Kier molecular flexibility index (Phi) is 4.23. The summed E-state index contributed by atoms with van der Waals surface area (Å²) in [6, 6.07) is 10.4. The average Bonchev–Trinajstić information content (AvgIpc) is 2.38. The van der Waals surface area contributed by atoms with Crippen LogP contribution in [-0.2, 0) is 12.7 Å². The molecule has 0 radical (unpaired) electrons. The van der Waals surface area contributed by atoms with Gasteiger partial charge in [0.1, 0.15) is 5.75 Å². The van der Waals surface area contributed by atoms with Gasteiger partial charge in [0.05, 0.1) is 5.56 Å². The molecule has 0 amide bonds. The van der Waals surface area contributed by atoms with Crippen LogP contribution in [0.4, 0.5) is 18.9 Å². The summed E-state index contributed by atoms with van der Waals surface area (Å²) in [4.78, 5) is 0. The van der Waals surface area contributed by atoms with Gasteiger partial charge in [0.25, 0.3) is 0 Å². The van der Waals surface area contributed by atoms with E-state index in [1.54, 1.807) is 18.2 Å². The van der Waals surface area contributed by atoms with Crippen molar-refractivity contribution < 1.29 is 18.3 Å². The fourth-order valence-corrected chi connectivity index (χ4v) is 2.12. The van der Waals surface area contributed by atoms with Crippen molar-refractivity contribution in [1.29, 1.82) is 0 Å². The number of halogens is 4. The van der Waals surface area contributed by atoms with Crippen LogP contribution in [0.3, 0.4) is 0 Å². The fourth-order valence-electron chi connectivity index (χ4n) is 1.76. The first-order valence-electron chi connectivity index (χ1n) is 5.75. The van der Waals surface area contributed by atoms with Crippen LogP contribution in [0.15, 0.2) is 46.9 Å². The minimum atomic E-state index is -4.44. The average molecular weight is 346 g/mol. The van der Waals surface area contributed by atoms with E-state index in [0.717, 1.165) is 6.07 Å². The van der Waals surface area contributed by atoms with Crippen LogP contribution in [0.1, 0.15) is 11.1 Å². The molecule has 0 fully saturated rings. The summed E-state index contributed by atoms with van der Waals surface area (Å²) < 4.78 is 39.1. The quantitative estimate of drug-likeness (QED) is 0.838. The SMILES string of the molecule is Oc1ccccc1CNc1ccc(Br)cc1C(F)(F)F. The van der Waals surface area contributed by atoms with Gasteiger partial charge in [-0.1, -0.05) is 34.1 Å². The third-order valence-electron chi connectivity index (χ3n) is 2.75. The molecule has 0 spiro atoms. The number of phenolic OH excluding ortho intramolecular Hbond substituents is 1. The number of nitrogens with one attached hydrogen (secondary N) is 1. The highest BCUT2D eigenvalue weighted by atomic mass is 79.9. The van der Waals surface area contributed by atoms with Gasteiger partial charge in [-0.3, -0.25) is 0 Å². The number of aromatic hydroxyl groups is 1. The highest BCUT2D eigenvalue weighted by molar-refractivity contribution is 9.10. The van der Waals surface area contributed by atoms with Crippen molar-refractivity contribution in [3.63, 3.8) is 0 Å². The molecule has 2 aromatic rings. The molecule has 2 rings (SSSR count). The standard InChI is InChI=1S/C14H11BrF3NO/c15-10-5-6-12(11(7-10)14(16,17)18)19-8-9-3-1-2-4-13(9)20/h1-7,19-20H,8H2. The predicted molar refractivity (Wildman–Crippen MR) is 74.6 cm³/mol. The Balaban J connectivity index is 2.24. The third-order valence-corrected chi connectivity index (χ3v) is 3.24. The molecule has 0 atom stereocenters. The zero-order valence-corrected chi connectivity index (χ0v) is 11.8. The van der Waals surface area contributed by atoms with E-state index < -0.39 is 11.7 Å². The summed E-state index contributed by atoms with van der Waals surface area (Å²) in [5, 5.41) is 12.3. The molecular formula is C14H11BrF3NO. The van der Waals surface area contributed by atoms with Gasteiger partial charge in [-0.05, 0) is 24.3 Å². The van der Waals surface area contributed by atoms with Crippen molar-refractivity contribution in [1.82, 2.24) is 0 Å². The third kappa shape index (κ3) is 3.45. The lowest BCUT2D eigenvalue weighted by Crippen LogP contribution is -2.11. The molecule has 106 valence electrons. The first kappa shape index (κ1) is 14.7. The first-order valence-corrected chi connectivity index (χ1v) is 6.55. The van der Waals surface area contributed by atoms with Crippen molar-refractivity contribution in [2.45, 2.75) is 12.7 Å². The second-order valence-corrected chi connectivity index (χ2v) is 5.09. The zero-order chi connectivity index (χ0) is 14.8. The summed E-state index contributed by atoms with van der Waals surface area (Å²) in [6.45, 7) is 0.109. The number of benzene rings is 2. The topological polar surface area (TPSA) is 32.3 Å². The molecule has 2 N–H and O–H groups in total. The predicted octanol–water partition coefficient (Wildman–Crippen LogP) is 4.79. The maximum Gasteiger partial charge on any atom is 0.418 e. The lowest BCUT2D eigenvalue weighted by atomic mass is 10.1. The Morgan fingerprint density at radius 3 is 2.45 bits per heavy atom. The van der Waals surface area contributed by atoms with Crippen LogP contribution in [-0.4, -0.2) is 5.11 Å². The molecule has 0 heterocycles. The Morgan fingerprint density at radius 1 is 1.10 bits per heavy atom. The van der Waals surface area contributed by atoms with Crippen molar-refractivity contribution in [3.8, 4) is 5.75 Å². The molecule has 0 unspecified atom stereocenters. The van der Waals surface area contributed by atoms with Crippen LogP contribution < -0.4 is 5.32 Å². The van der Waals surface area contributed by atoms with Crippen molar-refractivity contribution in [3.05, 3.63) is 58.1 Å². The number of alkyl halides is 3. The zero-order valence-electron chi connectivity index (χ0n) is 10.2. The van der Waals surface area contributed by atoms with E-state index in [0.29, 0.717) is 10.0 Å². The van der Waals surface area contributed by atoms with Gasteiger partial charge < -0.3 is 10.4 Å².